The third-order valence-corrected chi connectivity index (χ3v) is 7.54. The number of carbonyl (C=O) groups is 3. The molecule has 0 saturated carbocycles. The van der Waals surface area contributed by atoms with Gasteiger partial charge >= 0.3 is 6.03 Å². The average Bonchev–Trinajstić information content (AvgIpc) is 3.38. The Balaban J connectivity index is 1.37. The predicted octanol–water partition coefficient (Wildman–Crippen LogP) is 4.19. The van der Waals surface area contributed by atoms with Crippen molar-refractivity contribution >= 4 is 52.0 Å². The van der Waals surface area contributed by atoms with Gasteiger partial charge in [0.2, 0.25) is 0 Å². The van der Waals surface area contributed by atoms with Gasteiger partial charge in [0.25, 0.3) is 11.8 Å². The largest absolute Gasteiger partial charge is 0.338 e. The summed E-state index contributed by atoms with van der Waals surface area (Å²) in [4.78, 5) is 44.6. The number of fused-ring (bicyclic) bond motifs is 2. The molecule has 2 fully saturated rings. The number of amides is 4. The minimum absolute atomic E-state index is 0.0489. The molecule has 35 heavy (non-hydrogen) atoms. The van der Waals surface area contributed by atoms with Gasteiger partial charge in [0, 0.05) is 23.5 Å². The molecule has 2 aromatic carbocycles. The van der Waals surface area contributed by atoms with Gasteiger partial charge in [-0.2, -0.15) is 0 Å². The number of nitrogens with zero attached hydrogens (tertiary/aromatic N) is 2. The molecule has 3 heterocycles. The Kier molecular flexibility index (Phi) is 5.11. The van der Waals surface area contributed by atoms with E-state index < -0.39 is 11.6 Å². The van der Waals surface area contributed by atoms with Gasteiger partial charge in [0.1, 0.15) is 5.54 Å². The van der Waals surface area contributed by atoms with Gasteiger partial charge in [-0.05, 0) is 66.7 Å². The van der Waals surface area contributed by atoms with Crippen molar-refractivity contribution < 1.29 is 14.4 Å². The van der Waals surface area contributed by atoms with E-state index in [1.807, 2.05) is 48.5 Å². The van der Waals surface area contributed by atoms with Crippen molar-refractivity contribution in [1.82, 2.24) is 20.5 Å². The van der Waals surface area contributed by atoms with E-state index in [4.69, 9.17) is 16.6 Å². The Labute approximate surface area is 207 Å². The van der Waals surface area contributed by atoms with Crippen LogP contribution in [-0.2, 0) is 11.2 Å². The first kappa shape index (κ1) is 21.8. The number of urea groups is 1. The molecule has 1 aliphatic carbocycles. The summed E-state index contributed by atoms with van der Waals surface area (Å²) in [5, 5.41) is 6.62. The second-order valence-electron chi connectivity index (χ2n) is 9.33. The van der Waals surface area contributed by atoms with Crippen LogP contribution in [0.5, 0.6) is 0 Å². The zero-order valence-electron chi connectivity index (χ0n) is 18.9. The third kappa shape index (κ3) is 3.67. The number of hydrogen-bond donors (Lipinski definition) is 2. The maximum Gasteiger partial charge on any atom is 0.322 e. The lowest BCUT2D eigenvalue weighted by Crippen LogP contribution is -2.55. The maximum absolute atomic E-state index is 13.9. The number of carbonyl (C=O) groups excluding carboxylic acids is 3. The monoisotopic (exact) mass is 486 g/mol. The van der Waals surface area contributed by atoms with Crippen LogP contribution in [0.15, 0.2) is 48.5 Å². The van der Waals surface area contributed by atoms with Crippen molar-refractivity contribution in [3.8, 4) is 0 Å². The Bertz CT molecular complexity index is 1420. The Morgan fingerprint density at radius 3 is 2.49 bits per heavy atom. The fraction of sp³-hybridized carbons (Fsp3) is 0.259. The van der Waals surface area contributed by atoms with Crippen LogP contribution >= 0.6 is 11.6 Å². The number of benzene rings is 2. The summed E-state index contributed by atoms with van der Waals surface area (Å²) in [5.41, 5.74) is 4.56. The van der Waals surface area contributed by atoms with Crippen molar-refractivity contribution in [2.24, 2.45) is 0 Å². The molecule has 1 aromatic heterocycles. The lowest BCUT2D eigenvalue weighted by atomic mass is 9.87. The van der Waals surface area contributed by atoms with Gasteiger partial charge in [0.15, 0.2) is 0 Å². The Morgan fingerprint density at radius 2 is 1.77 bits per heavy atom. The highest BCUT2D eigenvalue weighted by Gasteiger charge is 2.48. The maximum atomic E-state index is 13.9. The topological polar surface area (TPSA) is 91.4 Å². The van der Waals surface area contributed by atoms with E-state index in [1.165, 1.54) is 0 Å². The van der Waals surface area contributed by atoms with Crippen LogP contribution in [0, 0.1) is 0 Å². The molecule has 2 N–H and O–H groups in total. The molecule has 8 heteroatoms. The van der Waals surface area contributed by atoms with Crippen molar-refractivity contribution in [3.05, 3.63) is 75.9 Å². The summed E-state index contributed by atoms with van der Waals surface area (Å²) >= 11 is 6.04. The van der Waals surface area contributed by atoms with Crippen molar-refractivity contribution in [2.75, 3.05) is 13.1 Å². The molecule has 176 valence electrons. The van der Waals surface area contributed by atoms with Crippen LogP contribution < -0.4 is 10.6 Å². The van der Waals surface area contributed by atoms with Crippen LogP contribution in [0.3, 0.4) is 0 Å². The lowest BCUT2D eigenvalue weighted by Gasteiger charge is -2.37. The summed E-state index contributed by atoms with van der Waals surface area (Å²) in [6.45, 7) is 0.789. The summed E-state index contributed by atoms with van der Waals surface area (Å²) in [6.07, 6.45) is 4.44. The second kappa shape index (κ2) is 8.20. The lowest BCUT2D eigenvalue weighted by molar-refractivity contribution is -0.125. The number of imide groups is 1. The second-order valence-corrected chi connectivity index (χ2v) is 9.77. The van der Waals surface area contributed by atoms with E-state index in [2.05, 4.69) is 16.7 Å². The number of hydrogen-bond acceptors (Lipinski definition) is 4. The predicted molar refractivity (Wildman–Crippen MR) is 134 cm³/mol. The molecule has 4 amide bonds. The quantitative estimate of drug-likeness (QED) is 0.531. The van der Waals surface area contributed by atoms with Gasteiger partial charge < -0.3 is 10.2 Å². The number of aromatic nitrogens is 1. The van der Waals surface area contributed by atoms with Crippen molar-refractivity contribution in [2.45, 2.75) is 31.2 Å². The number of rotatable bonds is 2. The first-order valence-corrected chi connectivity index (χ1v) is 12.1. The van der Waals surface area contributed by atoms with Crippen molar-refractivity contribution in [1.29, 1.82) is 0 Å². The molecular formula is C27H23ClN4O3. The number of nitrogens with one attached hydrogen (secondary N) is 2. The molecule has 0 unspecified atom stereocenters. The van der Waals surface area contributed by atoms with E-state index in [0.29, 0.717) is 36.5 Å². The molecule has 0 radical (unpaired) electrons. The van der Waals surface area contributed by atoms with Crippen LogP contribution in [0.25, 0.3) is 22.6 Å². The number of para-hydroxylation sites is 1. The average molecular weight is 487 g/mol. The molecule has 1 spiro atoms. The zero-order valence-corrected chi connectivity index (χ0v) is 19.7. The van der Waals surface area contributed by atoms with Crippen LogP contribution in [0.2, 0.25) is 5.02 Å². The van der Waals surface area contributed by atoms with Gasteiger partial charge in [0.05, 0.1) is 16.8 Å². The molecule has 6 rings (SSSR count). The normalized spacial score (nSPS) is 19.8. The molecule has 0 atom stereocenters. The van der Waals surface area contributed by atoms with Gasteiger partial charge in [-0.1, -0.05) is 41.9 Å². The molecular weight excluding hydrogens is 464 g/mol. The highest BCUT2D eigenvalue weighted by Crippen LogP contribution is 2.38. The van der Waals surface area contributed by atoms with E-state index in [0.717, 1.165) is 46.1 Å². The highest BCUT2D eigenvalue weighted by atomic mass is 35.5. The van der Waals surface area contributed by atoms with Crippen LogP contribution in [0.1, 0.15) is 46.4 Å². The number of halogens is 1. The summed E-state index contributed by atoms with van der Waals surface area (Å²) in [7, 11) is 0. The molecule has 2 aliphatic heterocycles. The highest BCUT2D eigenvalue weighted by molar-refractivity contribution is 6.30. The summed E-state index contributed by atoms with van der Waals surface area (Å²) in [6, 6.07) is 15.0. The standard InChI is InChI=1S/C27H23ClN4O3/c28-18-8-5-16(6-9-18)15-17-7-10-20-22(19-3-1-2-4-21(19)29-23(17)20)24(33)32-13-11-27(12-14-32)25(34)30-26(35)31-27/h1-6,8-9,15H,7,10-14H2,(H2,30,31,34,35)/b17-15+. The number of allylic oxidation sites excluding steroid dienone is 1. The van der Waals surface area contributed by atoms with Crippen molar-refractivity contribution in [3.63, 3.8) is 0 Å². The fourth-order valence-electron chi connectivity index (χ4n) is 5.41. The van der Waals surface area contributed by atoms with Gasteiger partial charge in [-0.3, -0.25) is 14.9 Å². The zero-order chi connectivity index (χ0) is 24.2. The summed E-state index contributed by atoms with van der Waals surface area (Å²) < 4.78 is 0. The Morgan fingerprint density at radius 1 is 1.03 bits per heavy atom. The first-order chi connectivity index (χ1) is 16.9. The minimum Gasteiger partial charge on any atom is -0.338 e. The van der Waals surface area contributed by atoms with E-state index >= 15 is 0 Å². The molecule has 7 nitrogen and oxygen atoms in total. The molecule has 0 bridgehead atoms. The molecule has 3 aromatic rings. The van der Waals surface area contributed by atoms with Crippen LogP contribution in [-0.4, -0.2) is 46.4 Å². The number of pyridine rings is 1. The molecule has 2 saturated heterocycles. The third-order valence-electron chi connectivity index (χ3n) is 7.29. The smallest absolute Gasteiger partial charge is 0.322 e. The van der Waals surface area contributed by atoms with E-state index in [9.17, 15) is 14.4 Å². The van der Waals surface area contributed by atoms with Gasteiger partial charge in [-0.15, -0.1) is 0 Å². The van der Waals surface area contributed by atoms with Crippen LogP contribution in [0.4, 0.5) is 4.79 Å². The van der Waals surface area contributed by atoms with Gasteiger partial charge in [-0.25, -0.2) is 9.78 Å². The van der Waals surface area contributed by atoms with E-state index in [1.54, 1.807) is 4.90 Å². The summed E-state index contributed by atoms with van der Waals surface area (Å²) in [5.74, 6) is -0.353. The number of piperidine rings is 1. The Hall–Kier alpha value is -3.71. The van der Waals surface area contributed by atoms with E-state index in [-0.39, 0.29) is 11.8 Å². The fourth-order valence-corrected chi connectivity index (χ4v) is 5.54. The minimum atomic E-state index is -0.912. The molecule has 3 aliphatic rings. The SMILES string of the molecule is O=C1NC(=O)C2(CCN(C(=O)c3c4c(nc5ccccc35)/C(=C/c3ccc(Cl)cc3)CC4)CC2)N1. The first-order valence-electron chi connectivity index (χ1n) is 11.7. The number of likely N-dealkylation sites (tertiary alicyclic amines) is 1.